The predicted molar refractivity (Wildman–Crippen MR) is 208 cm³/mol. The maximum atomic E-state index is 12.6. The first-order chi connectivity index (χ1) is 23.6. The molecule has 0 spiro atoms. The number of hydrogen-bond acceptors (Lipinski definition) is 3. The molecule has 0 aromatic rings. The van der Waals surface area contributed by atoms with Crippen LogP contribution in [0.15, 0.2) is 122 Å². The zero-order chi connectivity index (χ0) is 35.0. The van der Waals surface area contributed by atoms with Crippen LogP contribution in [0.4, 0.5) is 0 Å². The Bertz CT molecular complexity index is 1060. The van der Waals surface area contributed by atoms with E-state index in [1.807, 2.05) is 6.08 Å². The predicted octanol–water partition coefficient (Wildman–Crippen LogP) is 13.0. The average molecular weight is 659 g/mol. The minimum atomic E-state index is -0.731. The van der Waals surface area contributed by atoms with Crippen molar-refractivity contribution in [2.24, 2.45) is 0 Å². The van der Waals surface area contributed by atoms with E-state index in [1.54, 1.807) is 0 Å². The highest BCUT2D eigenvalue weighted by Gasteiger charge is 2.11. The maximum Gasteiger partial charge on any atom is 0.306 e. The number of ether oxygens (including phenoxy) is 1. The largest absolute Gasteiger partial charge is 0.481 e. The van der Waals surface area contributed by atoms with Crippen molar-refractivity contribution in [1.29, 1.82) is 0 Å². The van der Waals surface area contributed by atoms with Crippen LogP contribution in [0.5, 0.6) is 0 Å². The van der Waals surface area contributed by atoms with Crippen LogP contribution >= 0.6 is 0 Å². The molecule has 1 atom stereocenters. The summed E-state index contributed by atoms with van der Waals surface area (Å²) in [6, 6.07) is 0. The summed E-state index contributed by atoms with van der Waals surface area (Å²) < 4.78 is 5.83. The third-order valence-electron chi connectivity index (χ3n) is 7.18. The first-order valence-electron chi connectivity index (χ1n) is 18.5. The Hall–Kier alpha value is -3.66. The van der Waals surface area contributed by atoms with E-state index in [1.165, 1.54) is 0 Å². The summed E-state index contributed by atoms with van der Waals surface area (Å²) in [7, 11) is 0. The summed E-state index contributed by atoms with van der Waals surface area (Å²) >= 11 is 0. The molecule has 4 heteroatoms. The lowest BCUT2D eigenvalue weighted by Gasteiger charge is -2.14. The van der Waals surface area contributed by atoms with E-state index in [4.69, 9.17) is 9.84 Å². The standard InChI is InChI=1S/C44H66O4/c1-3-5-7-9-11-13-15-16-17-18-19-20-21-22-24-26-28-33-37-41-44(47)48-42(39-35-31-29-32-36-40-43(45)46)38-34-30-27-25-23-14-12-10-8-6-4-2/h5-8,11-14,16-17,19-20,22,24-25,27-28,33-34,38,42H,3-4,9-10,15,18,21,23,26,29-32,35-37,39-41H2,1-2H3,(H,45,46)/b7-5-,8-6-,13-11-,14-12-,17-16-,20-19-,24-22-,27-25-,33-28-,38-34-. The molecule has 0 bridgehead atoms. The van der Waals surface area contributed by atoms with Gasteiger partial charge in [0.1, 0.15) is 6.10 Å². The number of rotatable bonds is 31. The van der Waals surface area contributed by atoms with E-state index < -0.39 is 5.97 Å². The third kappa shape index (κ3) is 36.8. The second kappa shape index (κ2) is 37.8. The molecule has 0 aliphatic carbocycles. The van der Waals surface area contributed by atoms with Gasteiger partial charge in [-0.2, -0.15) is 0 Å². The highest BCUT2D eigenvalue weighted by molar-refractivity contribution is 5.69. The monoisotopic (exact) mass is 658 g/mol. The molecular weight excluding hydrogens is 592 g/mol. The molecule has 0 saturated carbocycles. The van der Waals surface area contributed by atoms with Crippen molar-refractivity contribution in [2.75, 3.05) is 0 Å². The number of carbonyl (C=O) groups is 2. The van der Waals surface area contributed by atoms with Gasteiger partial charge >= 0.3 is 11.9 Å². The quantitative estimate of drug-likeness (QED) is 0.0457. The molecule has 4 nitrogen and oxygen atoms in total. The number of aliphatic carboxylic acids is 1. The molecule has 0 aromatic carbocycles. The van der Waals surface area contributed by atoms with Crippen LogP contribution in [0.25, 0.3) is 0 Å². The lowest BCUT2D eigenvalue weighted by Crippen LogP contribution is -2.16. The van der Waals surface area contributed by atoms with Gasteiger partial charge in [0.05, 0.1) is 0 Å². The van der Waals surface area contributed by atoms with Crippen molar-refractivity contribution in [3.8, 4) is 0 Å². The van der Waals surface area contributed by atoms with Gasteiger partial charge in [-0.05, 0) is 96.0 Å². The van der Waals surface area contributed by atoms with E-state index in [-0.39, 0.29) is 18.5 Å². The molecule has 0 heterocycles. The summed E-state index contributed by atoms with van der Waals surface area (Å²) in [5.74, 6) is -0.895. The fourth-order valence-corrected chi connectivity index (χ4v) is 4.53. The maximum absolute atomic E-state index is 12.6. The van der Waals surface area contributed by atoms with Gasteiger partial charge in [-0.3, -0.25) is 9.59 Å². The van der Waals surface area contributed by atoms with Gasteiger partial charge in [-0.25, -0.2) is 0 Å². The van der Waals surface area contributed by atoms with Gasteiger partial charge in [0.25, 0.3) is 0 Å². The fourth-order valence-electron chi connectivity index (χ4n) is 4.53. The summed E-state index contributed by atoms with van der Waals surface area (Å²) in [4.78, 5) is 23.3. The molecule has 0 aromatic heterocycles. The van der Waals surface area contributed by atoms with Crippen molar-refractivity contribution in [3.05, 3.63) is 122 Å². The Balaban J connectivity index is 4.37. The highest BCUT2D eigenvalue weighted by atomic mass is 16.5. The van der Waals surface area contributed by atoms with Crippen molar-refractivity contribution in [2.45, 2.75) is 142 Å². The zero-order valence-electron chi connectivity index (χ0n) is 30.2. The molecule has 0 aliphatic rings. The van der Waals surface area contributed by atoms with E-state index in [0.29, 0.717) is 12.8 Å². The molecular formula is C44H66O4. The first-order valence-corrected chi connectivity index (χ1v) is 18.5. The van der Waals surface area contributed by atoms with Gasteiger partial charge in [0.2, 0.25) is 0 Å². The minimum absolute atomic E-state index is 0.163. The summed E-state index contributed by atoms with van der Waals surface area (Å²) in [5.41, 5.74) is 0. The molecule has 1 N–H and O–H groups in total. The molecule has 0 fully saturated rings. The van der Waals surface area contributed by atoms with Crippen molar-refractivity contribution < 1.29 is 19.4 Å². The normalized spacial score (nSPS) is 13.7. The van der Waals surface area contributed by atoms with E-state index in [2.05, 4.69) is 129 Å². The Morgan fingerprint density at radius 1 is 0.479 bits per heavy atom. The van der Waals surface area contributed by atoms with Crippen LogP contribution in [0, 0.1) is 0 Å². The summed E-state index contributed by atoms with van der Waals surface area (Å²) in [5, 5.41) is 8.80. The van der Waals surface area contributed by atoms with Gasteiger partial charge in [0, 0.05) is 12.8 Å². The highest BCUT2D eigenvalue weighted by Crippen LogP contribution is 2.13. The van der Waals surface area contributed by atoms with E-state index >= 15 is 0 Å². The number of hydrogen-bond donors (Lipinski definition) is 1. The number of esters is 1. The second-order valence-corrected chi connectivity index (χ2v) is 11.6. The van der Waals surface area contributed by atoms with Crippen molar-refractivity contribution in [1.82, 2.24) is 0 Å². The number of unbranched alkanes of at least 4 members (excludes halogenated alkanes) is 4. The van der Waals surface area contributed by atoms with Gasteiger partial charge in [0.15, 0.2) is 0 Å². The van der Waals surface area contributed by atoms with E-state index in [0.717, 1.165) is 103 Å². The van der Waals surface area contributed by atoms with Gasteiger partial charge in [-0.1, -0.05) is 149 Å². The number of carboxylic acids is 1. The van der Waals surface area contributed by atoms with Crippen LogP contribution in [0.3, 0.4) is 0 Å². The average Bonchev–Trinajstić information content (AvgIpc) is 3.07. The van der Waals surface area contributed by atoms with Crippen molar-refractivity contribution in [3.63, 3.8) is 0 Å². The van der Waals surface area contributed by atoms with Crippen LogP contribution in [-0.2, 0) is 14.3 Å². The van der Waals surface area contributed by atoms with Crippen LogP contribution in [-0.4, -0.2) is 23.1 Å². The van der Waals surface area contributed by atoms with Crippen LogP contribution in [0.2, 0.25) is 0 Å². The van der Waals surface area contributed by atoms with Crippen LogP contribution < -0.4 is 0 Å². The topological polar surface area (TPSA) is 63.6 Å². The van der Waals surface area contributed by atoms with Crippen molar-refractivity contribution >= 4 is 11.9 Å². The first kappa shape index (κ1) is 44.3. The molecule has 0 rings (SSSR count). The van der Waals surface area contributed by atoms with Gasteiger partial charge < -0.3 is 9.84 Å². The lowest BCUT2D eigenvalue weighted by molar-refractivity contribution is -0.147. The van der Waals surface area contributed by atoms with Gasteiger partial charge in [-0.15, -0.1) is 0 Å². The molecule has 0 saturated heterocycles. The lowest BCUT2D eigenvalue weighted by atomic mass is 10.1. The summed E-state index contributed by atoms with van der Waals surface area (Å²) in [6.07, 6.45) is 59.4. The minimum Gasteiger partial charge on any atom is -0.481 e. The smallest absolute Gasteiger partial charge is 0.306 e. The second-order valence-electron chi connectivity index (χ2n) is 11.6. The Kier molecular flexibility index (Phi) is 34.9. The van der Waals surface area contributed by atoms with Crippen LogP contribution in [0.1, 0.15) is 136 Å². The molecule has 266 valence electrons. The van der Waals surface area contributed by atoms with E-state index in [9.17, 15) is 9.59 Å². The number of allylic oxidation sites excluding steroid dienone is 19. The zero-order valence-corrected chi connectivity index (χ0v) is 30.2. The molecule has 0 amide bonds. The Labute approximate surface area is 294 Å². The molecule has 0 aliphatic heterocycles. The fraction of sp³-hybridized carbons (Fsp3) is 0.500. The third-order valence-corrected chi connectivity index (χ3v) is 7.18. The SMILES string of the molecule is CC/C=C\C/C=C\C/C=C\C/C=C\C/C=C\C/C=C\CCC(=O)OC(/C=C\C/C=C\C/C=C\C/C=C\CC)CCCCCCCC(=O)O. The Morgan fingerprint density at radius 2 is 0.854 bits per heavy atom. The molecule has 0 radical (unpaired) electrons. The number of carbonyl (C=O) groups excluding carboxylic acids is 1. The Morgan fingerprint density at radius 3 is 1.29 bits per heavy atom. The summed E-state index contributed by atoms with van der Waals surface area (Å²) in [6.45, 7) is 4.29. The molecule has 48 heavy (non-hydrogen) atoms. The number of carboxylic acid groups (broad SMARTS) is 1. The molecule has 1 unspecified atom stereocenters.